The lowest BCUT2D eigenvalue weighted by Gasteiger charge is -2.26. The first-order valence-corrected chi connectivity index (χ1v) is 7.73. The van der Waals surface area contributed by atoms with Gasteiger partial charge in [0, 0.05) is 19.5 Å². The minimum Gasteiger partial charge on any atom is -0.336 e. The molecule has 110 valence electrons. The van der Waals surface area contributed by atoms with Crippen LogP contribution >= 0.6 is 0 Å². The molecule has 0 saturated carbocycles. The van der Waals surface area contributed by atoms with Crippen molar-refractivity contribution in [2.24, 2.45) is 0 Å². The topological polar surface area (TPSA) is 32.3 Å². The van der Waals surface area contributed by atoms with Gasteiger partial charge < -0.3 is 10.2 Å². The fourth-order valence-electron chi connectivity index (χ4n) is 3.31. The molecule has 0 radical (unpaired) electrons. The zero-order valence-corrected chi connectivity index (χ0v) is 12.5. The molecule has 0 aromatic heterocycles. The van der Waals surface area contributed by atoms with E-state index in [-0.39, 0.29) is 11.9 Å². The number of carbonyl (C=O) groups is 1. The van der Waals surface area contributed by atoms with Crippen molar-refractivity contribution >= 4 is 16.7 Å². The first-order valence-electron chi connectivity index (χ1n) is 7.73. The molecule has 1 aliphatic rings. The first kappa shape index (κ1) is 14.1. The van der Waals surface area contributed by atoms with Crippen molar-refractivity contribution in [2.75, 3.05) is 20.1 Å². The summed E-state index contributed by atoms with van der Waals surface area (Å²) in [5.74, 6) is 0.264. The van der Waals surface area contributed by atoms with Gasteiger partial charge in [0.25, 0.3) is 0 Å². The average molecular weight is 282 g/mol. The highest BCUT2D eigenvalue weighted by atomic mass is 16.2. The molecule has 0 spiro atoms. The predicted octanol–water partition coefficient (Wildman–Crippen LogP) is 3.11. The van der Waals surface area contributed by atoms with E-state index < -0.39 is 0 Å². The maximum atomic E-state index is 12.4. The summed E-state index contributed by atoms with van der Waals surface area (Å²) in [7, 11) is 1.89. The van der Waals surface area contributed by atoms with E-state index in [1.807, 2.05) is 7.05 Å². The molecule has 1 unspecified atom stereocenters. The molecule has 2 aromatic carbocycles. The van der Waals surface area contributed by atoms with Crippen LogP contribution in [0.2, 0.25) is 0 Å². The summed E-state index contributed by atoms with van der Waals surface area (Å²) in [6.07, 6.45) is 2.75. The lowest BCUT2D eigenvalue weighted by molar-refractivity contribution is -0.132. The number of nitrogens with zero attached hydrogens (tertiary/aromatic N) is 1. The SMILES string of the molecule is CNCCC(=O)N1CCCC1c1cccc2ccccc12. The quantitative estimate of drug-likeness (QED) is 0.934. The number of nitrogens with one attached hydrogen (secondary N) is 1. The van der Waals surface area contributed by atoms with Crippen LogP contribution in [0.3, 0.4) is 0 Å². The summed E-state index contributed by atoms with van der Waals surface area (Å²) in [5.41, 5.74) is 1.29. The molecule has 1 N–H and O–H groups in total. The molecule has 2 aromatic rings. The molecule has 3 nitrogen and oxygen atoms in total. The van der Waals surface area contributed by atoms with Gasteiger partial charge in [0.15, 0.2) is 0 Å². The Labute approximate surface area is 125 Å². The fraction of sp³-hybridized carbons (Fsp3) is 0.389. The van der Waals surface area contributed by atoms with Crippen molar-refractivity contribution < 1.29 is 4.79 Å². The van der Waals surface area contributed by atoms with E-state index in [0.29, 0.717) is 6.42 Å². The van der Waals surface area contributed by atoms with Crippen molar-refractivity contribution in [2.45, 2.75) is 25.3 Å². The van der Waals surface area contributed by atoms with Gasteiger partial charge >= 0.3 is 0 Å². The van der Waals surface area contributed by atoms with Gasteiger partial charge in [-0.1, -0.05) is 42.5 Å². The van der Waals surface area contributed by atoms with E-state index in [2.05, 4.69) is 52.7 Å². The second kappa shape index (κ2) is 6.27. The third-order valence-electron chi connectivity index (χ3n) is 4.34. The molecular formula is C18H22N2O. The summed E-state index contributed by atoms with van der Waals surface area (Å²) >= 11 is 0. The van der Waals surface area contributed by atoms with Gasteiger partial charge in [-0.05, 0) is 36.2 Å². The normalized spacial score (nSPS) is 18.3. The standard InChI is InChI=1S/C18H22N2O/c1-19-12-11-18(21)20-13-5-10-17(20)16-9-4-7-14-6-2-3-8-15(14)16/h2-4,6-9,17,19H,5,10-13H2,1H3. The van der Waals surface area contributed by atoms with Gasteiger partial charge in [0.05, 0.1) is 6.04 Å². The molecule has 1 fully saturated rings. The summed E-state index contributed by atoms with van der Waals surface area (Å²) in [5, 5.41) is 5.59. The lowest BCUT2D eigenvalue weighted by atomic mass is 9.97. The Morgan fingerprint density at radius 1 is 1.24 bits per heavy atom. The van der Waals surface area contributed by atoms with Gasteiger partial charge in [-0.25, -0.2) is 0 Å². The molecule has 1 atom stereocenters. The largest absolute Gasteiger partial charge is 0.336 e. The zero-order chi connectivity index (χ0) is 14.7. The third-order valence-corrected chi connectivity index (χ3v) is 4.34. The van der Waals surface area contributed by atoms with Crippen LogP contribution in [0.4, 0.5) is 0 Å². The van der Waals surface area contributed by atoms with Crippen LogP contribution in [0.1, 0.15) is 30.9 Å². The van der Waals surface area contributed by atoms with Crippen molar-refractivity contribution in [1.82, 2.24) is 10.2 Å². The third kappa shape index (κ3) is 2.79. The van der Waals surface area contributed by atoms with Crippen molar-refractivity contribution in [3.8, 4) is 0 Å². The molecule has 1 aliphatic heterocycles. The van der Waals surface area contributed by atoms with Crippen LogP contribution in [0.5, 0.6) is 0 Å². The maximum absolute atomic E-state index is 12.4. The molecule has 0 bridgehead atoms. The van der Waals surface area contributed by atoms with Gasteiger partial charge in [-0.2, -0.15) is 0 Å². The Morgan fingerprint density at radius 3 is 2.90 bits per heavy atom. The smallest absolute Gasteiger partial charge is 0.224 e. The Balaban J connectivity index is 1.92. The highest BCUT2D eigenvalue weighted by Crippen LogP contribution is 2.36. The number of carbonyl (C=O) groups excluding carboxylic acids is 1. The maximum Gasteiger partial charge on any atom is 0.224 e. The van der Waals surface area contributed by atoms with Crippen LogP contribution in [0.15, 0.2) is 42.5 Å². The molecule has 1 saturated heterocycles. The van der Waals surface area contributed by atoms with Crippen LogP contribution in [0.25, 0.3) is 10.8 Å². The van der Waals surface area contributed by atoms with E-state index in [4.69, 9.17) is 0 Å². The summed E-state index contributed by atoms with van der Waals surface area (Å²) in [6.45, 7) is 1.63. The average Bonchev–Trinajstić information content (AvgIpc) is 3.01. The van der Waals surface area contributed by atoms with Crippen molar-refractivity contribution in [3.63, 3.8) is 0 Å². The van der Waals surface area contributed by atoms with E-state index in [0.717, 1.165) is 25.9 Å². The number of likely N-dealkylation sites (tertiary alicyclic amines) is 1. The summed E-state index contributed by atoms with van der Waals surface area (Å²) in [6, 6.07) is 15.1. The molecule has 1 heterocycles. The monoisotopic (exact) mass is 282 g/mol. The van der Waals surface area contributed by atoms with Crippen LogP contribution in [-0.2, 0) is 4.79 Å². The van der Waals surface area contributed by atoms with E-state index in [1.165, 1.54) is 16.3 Å². The zero-order valence-electron chi connectivity index (χ0n) is 12.5. The van der Waals surface area contributed by atoms with Crippen molar-refractivity contribution in [3.05, 3.63) is 48.0 Å². The minimum atomic E-state index is 0.237. The highest BCUT2D eigenvalue weighted by molar-refractivity contribution is 5.87. The number of hydrogen-bond donors (Lipinski definition) is 1. The molecular weight excluding hydrogens is 260 g/mol. The Bertz CT molecular complexity index is 633. The van der Waals surface area contributed by atoms with Gasteiger partial charge in [-0.15, -0.1) is 0 Å². The summed E-state index contributed by atoms with van der Waals surface area (Å²) in [4.78, 5) is 14.5. The molecule has 21 heavy (non-hydrogen) atoms. The van der Waals surface area contributed by atoms with Gasteiger partial charge in [0.1, 0.15) is 0 Å². The number of benzene rings is 2. The summed E-state index contributed by atoms with van der Waals surface area (Å²) < 4.78 is 0. The van der Waals surface area contributed by atoms with Crippen LogP contribution in [-0.4, -0.2) is 30.9 Å². The molecule has 0 aliphatic carbocycles. The van der Waals surface area contributed by atoms with Gasteiger partial charge in [-0.3, -0.25) is 4.79 Å². The Hall–Kier alpha value is -1.87. The molecule has 3 heteroatoms. The Morgan fingerprint density at radius 2 is 2.05 bits per heavy atom. The molecule has 3 rings (SSSR count). The second-order valence-corrected chi connectivity index (χ2v) is 5.67. The van der Waals surface area contributed by atoms with Crippen LogP contribution in [0, 0.1) is 0 Å². The van der Waals surface area contributed by atoms with E-state index >= 15 is 0 Å². The number of rotatable bonds is 4. The van der Waals surface area contributed by atoms with Crippen LogP contribution < -0.4 is 5.32 Å². The van der Waals surface area contributed by atoms with Gasteiger partial charge in [0.2, 0.25) is 5.91 Å². The lowest BCUT2D eigenvalue weighted by Crippen LogP contribution is -2.32. The Kier molecular flexibility index (Phi) is 4.20. The minimum absolute atomic E-state index is 0.237. The second-order valence-electron chi connectivity index (χ2n) is 5.67. The first-order chi connectivity index (χ1) is 10.3. The predicted molar refractivity (Wildman–Crippen MR) is 86.2 cm³/mol. The van der Waals surface area contributed by atoms with E-state index in [1.54, 1.807) is 0 Å². The van der Waals surface area contributed by atoms with E-state index in [9.17, 15) is 4.79 Å². The molecule has 1 amide bonds. The number of hydrogen-bond acceptors (Lipinski definition) is 2. The number of fused-ring (bicyclic) bond motifs is 1. The highest BCUT2D eigenvalue weighted by Gasteiger charge is 2.30. The fourth-order valence-corrected chi connectivity index (χ4v) is 3.31. The number of amides is 1. The van der Waals surface area contributed by atoms with Crippen molar-refractivity contribution in [1.29, 1.82) is 0 Å².